The largest absolute Gasteiger partial charge is 0.478 e. The number of carboxylic acid groups (broad SMARTS) is 1. The highest BCUT2D eigenvalue weighted by molar-refractivity contribution is 7.87. The Hall–Kier alpha value is -3.76. The van der Waals surface area contributed by atoms with Crippen molar-refractivity contribution in [2.75, 3.05) is 29.5 Å². The van der Waals surface area contributed by atoms with Gasteiger partial charge < -0.3 is 10.0 Å². The summed E-state index contributed by atoms with van der Waals surface area (Å²) in [4.78, 5) is 11.4. The smallest absolute Gasteiger partial charge is 0.336 e. The van der Waals surface area contributed by atoms with Crippen LogP contribution in [0.3, 0.4) is 0 Å². The average molecular weight is 780 g/mol. The van der Waals surface area contributed by atoms with Gasteiger partial charge in [0.1, 0.15) is 11.4 Å². The molecule has 0 aliphatic heterocycles. The van der Waals surface area contributed by atoms with Crippen molar-refractivity contribution in [2.45, 2.75) is 50.3 Å². The third-order valence-corrected chi connectivity index (χ3v) is 10.7. The molecular weight excluding hydrogens is 741 g/mol. The van der Waals surface area contributed by atoms with Gasteiger partial charge in [0.15, 0.2) is 5.71 Å². The Kier molecular flexibility index (Phi) is 14.4. The summed E-state index contributed by atoms with van der Waals surface area (Å²) in [7, 11) is -18.6. The van der Waals surface area contributed by atoms with Gasteiger partial charge in [-0.25, -0.2) is 4.79 Å². The van der Waals surface area contributed by atoms with Gasteiger partial charge in [0.05, 0.1) is 22.0 Å². The maximum Gasteiger partial charge on any atom is 0.336 e. The summed E-state index contributed by atoms with van der Waals surface area (Å²) in [6.07, 6.45) is 7.64. The minimum absolute atomic E-state index is 0.0173. The maximum atomic E-state index is 12.1. The molecule has 0 aliphatic carbocycles. The highest BCUT2D eigenvalue weighted by atomic mass is 32.2. The molecule has 0 unspecified atom stereocenters. The zero-order chi connectivity index (χ0) is 38.2. The number of rotatable bonds is 17. The molecule has 0 atom stereocenters. The number of carbonyl (C=O) groups is 1. The van der Waals surface area contributed by atoms with E-state index in [2.05, 4.69) is 0 Å². The molecule has 2 rings (SSSR count). The highest BCUT2D eigenvalue weighted by Crippen LogP contribution is 2.33. The summed E-state index contributed by atoms with van der Waals surface area (Å²) < 4.78 is 133. The van der Waals surface area contributed by atoms with E-state index in [-0.39, 0.29) is 42.7 Å². The highest BCUT2D eigenvalue weighted by Gasteiger charge is 2.25. The van der Waals surface area contributed by atoms with Crippen molar-refractivity contribution < 1.29 is 66.4 Å². The zero-order valence-corrected chi connectivity index (χ0v) is 30.7. The molecule has 20 heteroatoms. The van der Waals surface area contributed by atoms with Gasteiger partial charge in [-0.2, -0.15) is 38.2 Å². The molecule has 16 nitrogen and oxygen atoms in total. The van der Waals surface area contributed by atoms with Crippen LogP contribution in [-0.4, -0.2) is 97.8 Å². The summed E-state index contributed by atoms with van der Waals surface area (Å²) in [6, 6.07) is 6.16. The molecule has 0 fully saturated rings. The summed E-state index contributed by atoms with van der Waals surface area (Å²) in [6.45, 7) is 6.01. The molecule has 0 saturated heterocycles. The van der Waals surface area contributed by atoms with Crippen LogP contribution in [0.15, 0.2) is 76.2 Å². The monoisotopic (exact) mass is 779 g/mol. The predicted octanol–water partition coefficient (Wildman–Crippen LogP) is 3.68. The molecule has 0 spiro atoms. The summed E-state index contributed by atoms with van der Waals surface area (Å²) in [5.41, 5.74) is 1.62. The third-order valence-electron chi connectivity index (χ3n) is 7.32. The molecule has 0 heterocycles. The number of hydrogen-bond acceptors (Lipinski definition) is 10. The minimum Gasteiger partial charge on any atom is -0.478 e. The lowest BCUT2D eigenvalue weighted by Crippen LogP contribution is -2.26. The molecule has 50 heavy (non-hydrogen) atoms. The van der Waals surface area contributed by atoms with Gasteiger partial charge in [0, 0.05) is 49.0 Å². The van der Waals surface area contributed by atoms with Crippen molar-refractivity contribution in [1.29, 1.82) is 0 Å². The Morgan fingerprint density at radius 3 is 1.94 bits per heavy atom. The van der Waals surface area contributed by atoms with Gasteiger partial charge >= 0.3 is 5.97 Å². The number of allylic oxidation sites excluding steroid dienone is 6. The lowest BCUT2D eigenvalue weighted by Gasteiger charge is -2.28. The first kappa shape index (κ1) is 42.4. The molecule has 0 aliphatic rings. The number of aromatic carboxylic acids is 1. The van der Waals surface area contributed by atoms with Gasteiger partial charge in [-0.15, -0.1) is 0 Å². The quantitative estimate of drug-likeness (QED) is 0.0664. The van der Waals surface area contributed by atoms with Gasteiger partial charge in [-0.1, -0.05) is 24.3 Å². The Balaban J connectivity index is 2.60. The van der Waals surface area contributed by atoms with Gasteiger partial charge in [0.2, 0.25) is 5.69 Å². The van der Waals surface area contributed by atoms with Crippen LogP contribution in [0.1, 0.15) is 48.2 Å². The van der Waals surface area contributed by atoms with Crippen molar-refractivity contribution in [3.05, 3.63) is 83.1 Å². The van der Waals surface area contributed by atoms with E-state index >= 15 is 0 Å². The molecule has 0 bridgehead atoms. The first-order valence-corrected chi connectivity index (χ1v) is 20.7. The SMILES string of the molecule is CC(=CC=CC=CC(C)=[N+](CCCS(=O)(=O)O)c1cccc(C(=O)O)c1C)N(CCCS(=O)(=O)O)c1cc(S(=O)(=O)O)cc(S(=O)(=O)O)c1C. The van der Waals surface area contributed by atoms with Gasteiger partial charge in [-0.3, -0.25) is 18.2 Å². The normalized spacial score (nSPS) is 14.0. The molecule has 276 valence electrons. The summed E-state index contributed by atoms with van der Waals surface area (Å²) in [5, 5.41) is 9.56. The first-order chi connectivity index (χ1) is 22.8. The lowest BCUT2D eigenvalue weighted by molar-refractivity contribution is -0.440. The number of anilines is 1. The van der Waals surface area contributed by atoms with Crippen LogP contribution in [-0.2, 0) is 40.5 Å². The van der Waals surface area contributed by atoms with Crippen LogP contribution in [0.4, 0.5) is 11.4 Å². The minimum atomic E-state index is -4.98. The van der Waals surface area contributed by atoms with Crippen LogP contribution >= 0.6 is 0 Å². The fourth-order valence-electron chi connectivity index (χ4n) is 4.91. The van der Waals surface area contributed by atoms with Crippen LogP contribution in [0.25, 0.3) is 0 Å². The second-order valence-corrected chi connectivity index (χ2v) is 17.0. The second-order valence-electron chi connectivity index (χ2n) is 11.0. The van der Waals surface area contributed by atoms with E-state index < -0.39 is 67.7 Å². The fraction of sp³-hybridized carbons (Fsp3) is 0.333. The summed E-state index contributed by atoms with van der Waals surface area (Å²) in [5.74, 6) is -2.37. The Bertz CT molecular complexity index is 2190. The Morgan fingerprint density at radius 2 is 1.40 bits per heavy atom. The average Bonchev–Trinajstić information content (AvgIpc) is 2.95. The molecule has 5 N–H and O–H groups in total. The van der Waals surface area contributed by atoms with Crippen molar-refractivity contribution >= 4 is 63.5 Å². The van der Waals surface area contributed by atoms with E-state index in [0.717, 1.165) is 6.07 Å². The standard InChI is InChI=1S/C30H38N2O14S4/c1-21(31(15-9-17-47(35,36)37)27-14-8-13-26(23(27)3)30(33)34)11-6-5-7-12-22(2)32(16-10-18-48(38,39)40)28-19-25(49(41,42)43)20-29(24(28)4)50(44,45)46/h5-8,11-14,19-20H,9-10,15-18H2,1-4H3,(H4-,33,34,35,36,37,38,39,40,41,42,43,44,45,46)/p+1. The van der Waals surface area contributed by atoms with Crippen LogP contribution in [0.2, 0.25) is 0 Å². The molecular formula is C30H39N2O14S4+. The first-order valence-electron chi connectivity index (χ1n) is 14.6. The van der Waals surface area contributed by atoms with E-state index in [1.54, 1.807) is 48.8 Å². The molecule has 2 aromatic rings. The lowest BCUT2D eigenvalue weighted by atomic mass is 10.1. The molecule has 0 aromatic heterocycles. The summed E-state index contributed by atoms with van der Waals surface area (Å²) >= 11 is 0. The molecule has 0 saturated carbocycles. The second kappa shape index (κ2) is 17.0. The fourth-order valence-corrected chi connectivity index (χ4v) is 7.27. The van der Waals surface area contributed by atoms with Crippen molar-refractivity contribution in [3.8, 4) is 0 Å². The molecule has 0 amide bonds. The van der Waals surface area contributed by atoms with E-state index in [1.165, 1.54) is 37.0 Å². The number of benzene rings is 2. The Morgan fingerprint density at radius 1 is 0.800 bits per heavy atom. The Labute approximate surface area is 291 Å². The van der Waals surface area contributed by atoms with Crippen molar-refractivity contribution in [1.82, 2.24) is 0 Å². The van der Waals surface area contributed by atoms with Gasteiger partial charge in [-0.05, 0) is 57.0 Å². The van der Waals surface area contributed by atoms with Gasteiger partial charge in [0.25, 0.3) is 40.5 Å². The topological polar surface area (TPSA) is 261 Å². The van der Waals surface area contributed by atoms with E-state index in [9.17, 15) is 61.8 Å². The predicted molar refractivity (Wildman–Crippen MR) is 186 cm³/mol. The number of nitrogens with zero attached hydrogens (tertiary/aromatic N) is 2. The zero-order valence-electron chi connectivity index (χ0n) is 27.5. The van der Waals surface area contributed by atoms with Crippen LogP contribution in [0, 0.1) is 13.8 Å². The van der Waals surface area contributed by atoms with E-state index in [0.29, 0.717) is 28.7 Å². The van der Waals surface area contributed by atoms with E-state index in [4.69, 9.17) is 0 Å². The number of carboxylic acids is 1. The number of hydrogen-bond donors (Lipinski definition) is 5. The van der Waals surface area contributed by atoms with E-state index in [1.807, 2.05) is 0 Å². The molecule has 2 aromatic carbocycles. The van der Waals surface area contributed by atoms with Crippen molar-refractivity contribution in [2.24, 2.45) is 0 Å². The van der Waals surface area contributed by atoms with Crippen LogP contribution in [0.5, 0.6) is 0 Å². The third kappa shape index (κ3) is 12.8. The van der Waals surface area contributed by atoms with Crippen LogP contribution < -0.4 is 4.90 Å². The van der Waals surface area contributed by atoms with Crippen molar-refractivity contribution in [3.63, 3.8) is 0 Å². The maximum absolute atomic E-state index is 12.1. The molecule has 0 radical (unpaired) electrons.